The van der Waals surface area contributed by atoms with Gasteiger partial charge in [0.1, 0.15) is 11.6 Å². The Morgan fingerprint density at radius 3 is 2.59 bits per heavy atom. The highest BCUT2D eigenvalue weighted by Crippen LogP contribution is 2.45. The maximum Gasteiger partial charge on any atom is 0.235 e. The van der Waals surface area contributed by atoms with E-state index in [4.69, 9.17) is 4.74 Å². The fraction of sp³-hybridized carbons (Fsp3) is 0.174. The van der Waals surface area contributed by atoms with Crippen molar-refractivity contribution in [3.05, 3.63) is 83.7 Å². The molecule has 1 amide bonds. The van der Waals surface area contributed by atoms with Gasteiger partial charge in [0.25, 0.3) is 0 Å². The van der Waals surface area contributed by atoms with E-state index in [1.165, 1.54) is 6.07 Å². The van der Waals surface area contributed by atoms with E-state index in [0.29, 0.717) is 12.0 Å². The lowest BCUT2D eigenvalue weighted by Gasteiger charge is -2.23. The number of ether oxygens (including phenoxy) is 1. The van der Waals surface area contributed by atoms with E-state index < -0.39 is 5.41 Å². The molecule has 0 aromatic heterocycles. The molecule has 3 aromatic rings. The SMILES string of the molecule is COc1cccc(-c2cccc3c2NC(=O)C3(C)Cc2ccccc2F)c1. The average Bonchev–Trinajstić information content (AvgIpc) is 2.94. The molecule has 1 aliphatic rings. The molecule has 0 fully saturated rings. The van der Waals surface area contributed by atoms with Crippen LogP contribution in [-0.2, 0) is 16.6 Å². The van der Waals surface area contributed by atoms with E-state index in [9.17, 15) is 9.18 Å². The summed E-state index contributed by atoms with van der Waals surface area (Å²) >= 11 is 0. The zero-order valence-electron chi connectivity index (χ0n) is 15.3. The molecule has 136 valence electrons. The minimum atomic E-state index is -0.827. The van der Waals surface area contributed by atoms with Crippen molar-refractivity contribution >= 4 is 11.6 Å². The summed E-state index contributed by atoms with van der Waals surface area (Å²) in [5.74, 6) is 0.351. The number of amides is 1. The topological polar surface area (TPSA) is 38.3 Å². The van der Waals surface area contributed by atoms with Crippen molar-refractivity contribution in [2.75, 3.05) is 12.4 Å². The quantitative estimate of drug-likeness (QED) is 0.714. The Kier molecular flexibility index (Phi) is 4.19. The summed E-state index contributed by atoms with van der Waals surface area (Å²) in [6.45, 7) is 1.87. The summed E-state index contributed by atoms with van der Waals surface area (Å²) in [6.07, 6.45) is 0.306. The fourth-order valence-electron chi connectivity index (χ4n) is 3.75. The van der Waals surface area contributed by atoms with Gasteiger partial charge < -0.3 is 10.1 Å². The summed E-state index contributed by atoms with van der Waals surface area (Å²) in [5, 5.41) is 3.03. The van der Waals surface area contributed by atoms with Crippen molar-refractivity contribution < 1.29 is 13.9 Å². The molecule has 1 heterocycles. The first-order chi connectivity index (χ1) is 13.0. The summed E-state index contributed by atoms with van der Waals surface area (Å²) in [6, 6.07) is 20.2. The summed E-state index contributed by atoms with van der Waals surface area (Å²) in [5.41, 5.74) is 3.27. The number of halogens is 1. The second-order valence-corrected chi connectivity index (χ2v) is 7.01. The lowest BCUT2D eigenvalue weighted by Crippen LogP contribution is -2.33. The first-order valence-corrected chi connectivity index (χ1v) is 8.86. The van der Waals surface area contributed by atoms with Crippen LogP contribution >= 0.6 is 0 Å². The van der Waals surface area contributed by atoms with Gasteiger partial charge in [-0.05, 0) is 48.2 Å². The second-order valence-electron chi connectivity index (χ2n) is 7.01. The van der Waals surface area contributed by atoms with Crippen molar-refractivity contribution in [1.29, 1.82) is 0 Å². The predicted octanol–water partition coefficient (Wildman–Crippen LogP) is 4.95. The number of benzene rings is 3. The van der Waals surface area contributed by atoms with Gasteiger partial charge in [-0.15, -0.1) is 0 Å². The van der Waals surface area contributed by atoms with Crippen molar-refractivity contribution in [3.63, 3.8) is 0 Å². The van der Waals surface area contributed by atoms with Crippen LogP contribution in [0.4, 0.5) is 10.1 Å². The number of fused-ring (bicyclic) bond motifs is 1. The highest BCUT2D eigenvalue weighted by Gasteiger charge is 2.44. The van der Waals surface area contributed by atoms with Crippen LogP contribution in [0, 0.1) is 5.82 Å². The minimum Gasteiger partial charge on any atom is -0.497 e. The number of methoxy groups -OCH3 is 1. The molecule has 0 spiro atoms. The van der Waals surface area contributed by atoms with Gasteiger partial charge in [0.15, 0.2) is 0 Å². The van der Waals surface area contributed by atoms with E-state index in [1.807, 2.05) is 49.4 Å². The molecule has 0 aliphatic carbocycles. The number of nitrogens with one attached hydrogen (secondary N) is 1. The highest BCUT2D eigenvalue weighted by molar-refractivity contribution is 6.09. The third-order valence-electron chi connectivity index (χ3n) is 5.28. The van der Waals surface area contributed by atoms with Gasteiger partial charge in [-0.1, -0.05) is 48.5 Å². The number of hydrogen-bond acceptors (Lipinski definition) is 2. The van der Waals surface area contributed by atoms with Crippen molar-refractivity contribution in [3.8, 4) is 16.9 Å². The van der Waals surface area contributed by atoms with Crippen molar-refractivity contribution in [2.24, 2.45) is 0 Å². The monoisotopic (exact) mass is 361 g/mol. The Morgan fingerprint density at radius 1 is 1.04 bits per heavy atom. The molecule has 3 aromatic carbocycles. The minimum absolute atomic E-state index is 0.115. The maximum atomic E-state index is 14.2. The number of carbonyl (C=O) groups excluding carboxylic acids is 1. The first-order valence-electron chi connectivity index (χ1n) is 8.86. The normalized spacial score (nSPS) is 18.1. The van der Waals surface area contributed by atoms with Crippen LogP contribution in [-0.4, -0.2) is 13.0 Å². The summed E-state index contributed by atoms with van der Waals surface area (Å²) < 4.78 is 19.5. The molecular formula is C23H20FNO2. The number of rotatable bonds is 4. The molecule has 4 rings (SSSR count). The summed E-state index contributed by atoms with van der Waals surface area (Å²) in [4.78, 5) is 12.9. The second kappa shape index (κ2) is 6.54. The van der Waals surface area contributed by atoms with Gasteiger partial charge in [0.2, 0.25) is 5.91 Å². The molecule has 0 saturated carbocycles. The molecule has 0 saturated heterocycles. The number of para-hydroxylation sites is 1. The molecular weight excluding hydrogens is 341 g/mol. The molecule has 1 N–H and O–H groups in total. The third kappa shape index (κ3) is 2.87. The van der Waals surface area contributed by atoms with Crippen LogP contribution in [0.2, 0.25) is 0 Å². The zero-order chi connectivity index (χ0) is 19.0. The van der Waals surface area contributed by atoms with Crippen LogP contribution in [0.5, 0.6) is 5.75 Å². The third-order valence-corrected chi connectivity index (χ3v) is 5.28. The van der Waals surface area contributed by atoms with Gasteiger partial charge in [0, 0.05) is 5.56 Å². The fourth-order valence-corrected chi connectivity index (χ4v) is 3.75. The molecule has 27 heavy (non-hydrogen) atoms. The Hall–Kier alpha value is -3.14. The van der Waals surface area contributed by atoms with Crippen molar-refractivity contribution in [2.45, 2.75) is 18.8 Å². The Balaban J connectivity index is 1.81. The lowest BCUT2D eigenvalue weighted by atomic mass is 9.77. The Bertz CT molecular complexity index is 1030. The van der Waals surface area contributed by atoms with Gasteiger partial charge in [-0.25, -0.2) is 4.39 Å². The largest absolute Gasteiger partial charge is 0.497 e. The zero-order valence-corrected chi connectivity index (χ0v) is 15.3. The Labute approximate surface area is 157 Å². The lowest BCUT2D eigenvalue weighted by molar-refractivity contribution is -0.120. The molecule has 4 heteroatoms. The van der Waals surface area contributed by atoms with Crippen LogP contribution in [0.25, 0.3) is 11.1 Å². The number of carbonyl (C=O) groups is 1. The standard InChI is InChI=1S/C23H20FNO2/c1-23(14-16-7-3-4-12-20(16)24)19-11-6-10-18(21(19)25-22(23)26)15-8-5-9-17(13-15)27-2/h3-13H,14H2,1-2H3,(H,25,26). The van der Waals surface area contributed by atoms with E-state index >= 15 is 0 Å². The predicted molar refractivity (Wildman–Crippen MR) is 105 cm³/mol. The van der Waals surface area contributed by atoms with Crippen LogP contribution in [0.3, 0.4) is 0 Å². The van der Waals surface area contributed by atoms with Crippen LogP contribution in [0.1, 0.15) is 18.1 Å². The van der Waals surface area contributed by atoms with Gasteiger partial charge in [-0.3, -0.25) is 4.79 Å². The van der Waals surface area contributed by atoms with Crippen LogP contribution in [0.15, 0.2) is 66.7 Å². The number of hydrogen-bond donors (Lipinski definition) is 1. The van der Waals surface area contributed by atoms with E-state index in [2.05, 4.69) is 5.32 Å². The Morgan fingerprint density at radius 2 is 1.81 bits per heavy atom. The van der Waals surface area contributed by atoms with Crippen molar-refractivity contribution in [1.82, 2.24) is 0 Å². The van der Waals surface area contributed by atoms with Crippen LogP contribution < -0.4 is 10.1 Å². The summed E-state index contributed by atoms with van der Waals surface area (Å²) in [7, 11) is 1.63. The molecule has 1 aliphatic heterocycles. The number of anilines is 1. The molecule has 3 nitrogen and oxygen atoms in total. The molecule has 1 unspecified atom stereocenters. The maximum absolute atomic E-state index is 14.2. The average molecular weight is 361 g/mol. The van der Waals surface area contributed by atoms with Gasteiger partial charge >= 0.3 is 0 Å². The molecule has 0 bridgehead atoms. The highest BCUT2D eigenvalue weighted by atomic mass is 19.1. The van der Waals surface area contributed by atoms with Gasteiger partial charge in [0.05, 0.1) is 18.2 Å². The van der Waals surface area contributed by atoms with E-state index in [1.54, 1.807) is 25.3 Å². The molecule has 1 atom stereocenters. The smallest absolute Gasteiger partial charge is 0.235 e. The van der Waals surface area contributed by atoms with Gasteiger partial charge in [-0.2, -0.15) is 0 Å². The van der Waals surface area contributed by atoms with E-state index in [-0.39, 0.29) is 11.7 Å². The first kappa shape index (κ1) is 17.3. The molecule has 0 radical (unpaired) electrons. The van der Waals surface area contributed by atoms with E-state index in [0.717, 1.165) is 28.1 Å².